The van der Waals surface area contributed by atoms with Gasteiger partial charge in [-0.2, -0.15) is 0 Å². The fourth-order valence-electron chi connectivity index (χ4n) is 3.43. The maximum absolute atomic E-state index is 2.53. The van der Waals surface area contributed by atoms with E-state index in [0.717, 1.165) is 0 Å². The van der Waals surface area contributed by atoms with Crippen LogP contribution in [-0.4, -0.2) is 12.1 Å². The molecule has 4 rings (SSSR count). The minimum Gasteiger partial charge on any atom is -0.361 e. The van der Waals surface area contributed by atoms with Gasteiger partial charge in [0.15, 0.2) is 0 Å². The smallest absolute Gasteiger partial charge is 0.0531 e. The molecule has 1 saturated heterocycles. The molecule has 0 radical (unpaired) electrons. The minimum absolute atomic E-state index is 0.599. The summed E-state index contributed by atoms with van der Waals surface area (Å²) in [4.78, 5) is 2.53. The Kier molecular flexibility index (Phi) is 3.42. The third-order valence-electron chi connectivity index (χ3n) is 4.95. The fraction of sp³-hybridized carbons (Fsp3) is 0.182. The molecule has 3 aromatic rings. The van der Waals surface area contributed by atoms with E-state index >= 15 is 0 Å². The normalized spacial score (nSPS) is 19.7. The summed E-state index contributed by atoms with van der Waals surface area (Å²) in [5, 5.41) is 0. The molecule has 1 fully saturated rings. The minimum atomic E-state index is 0.599. The molecule has 0 N–H and O–H groups in total. The van der Waals surface area contributed by atoms with Crippen LogP contribution < -0.4 is 4.90 Å². The summed E-state index contributed by atoms with van der Waals surface area (Å²) in [6.45, 7) is 4.61. The molecule has 0 aromatic heterocycles. The van der Waals surface area contributed by atoms with Crippen molar-refractivity contribution in [2.24, 2.45) is 0 Å². The highest BCUT2D eigenvalue weighted by molar-refractivity contribution is 5.93. The molecule has 0 spiro atoms. The molecule has 1 heterocycles. The molecule has 0 saturated carbocycles. The van der Waals surface area contributed by atoms with E-state index in [1.165, 1.54) is 27.9 Å². The highest BCUT2D eigenvalue weighted by atomic mass is 15.3. The Morgan fingerprint density at radius 2 is 1.00 bits per heavy atom. The molecule has 2 atom stereocenters. The van der Waals surface area contributed by atoms with Crippen molar-refractivity contribution >= 4 is 5.69 Å². The van der Waals surface area contributed by atoms with Crippen LogP contribution in [0, 0.1) is 0 Å². The maximum Gasteiger partial charge on any atom is 0.0531 e. The molecule has 0 aliphatic carbocycles. The van der Waals surface area contributed by atoms with Crippen molar-refractivity contribution in [3.8, 4) is 22.3 Å². The molecule has 23 heavy (non-hydrogen) atoms. The molecule has 1 heteroatoms. The number of hydrogen-bond acceptors (Lipinski definition) is 1. The zero-order valence-corrected chi connectivity index (χ0v) is 13.6. The lowest BCUT2D eigenvalue weighted by atomic mass is 9.96. The van der Waals surface area contributed by atoms with Gasteiger partial charge in [0, 0.05) is 23.2 Å². The Balaban J connectivity index is 1.94. The van der Waals surface area contributed by atoms with Crippen LogP contribution in [-0.2, 0) is 0 Å². The molecular weight excluding hydrogens is 278 g/mol. The second kappa shape index (κ2) is 5.58. The van der Waals surface area contributed by atoms with Gasteiger partial charge in [0.25, 0.3) is 0 Å². The lowest BCUT2D eigenvalue weighted by molar-refractivity contribution is 1.05. The van der Waals surface area contributed by atoms with E-state index < -0.39 is 0 Å². The first-order valence-electron chi connectivity index (χ1n) is 8.29. The van der Waals surface area contributed by atoms with Gasteiger partial charge in [-0.1, -0.05) is 78.9 Å². The molecule has 3 aromatic carbocycles. The molecule has 1 aliphatic rings. The monoisotopic (exact) mass is 299 g/mol. The van der Waals surface area contributed by atoms with Crippen molar-refractivity contribution in [3.05, 3.63) is 78.9 Å². The van der Waals surface area contributed by atoms with Crippen LogP contribution in [0.1, 0.15) is 13.8 Å². The fourth-order valence-corrected chi connectivity index (χ4v) is 3.43. The van der Waals surface area contributed by atoms with E-state index in [0.29, 0.717) is 12.1 Å². The lowest BCUT2D eigenvalue weighted by Gasteiger charge is -2.18. The van der Waals surface area contributed by atoms with Crippen LogP contribution in [0.25, 0.3) is 22.3 Å². The third-order valence-corrected chi connectivity index (χ3v) is 4.95. The van der Waals surface area contributed by atoms with E-state index in [1.54, 1.807) is 0 Å². The summed E-state index contributed by atoms with van der Waals surface area (Å²) >= 11 is 0. The van der Waals surface area contributed by atoms with Crippen molar-refractivity contribution in [1.29, 1.82) is 0 Å². The van der Waals surface area contributed by atoms with E-state index in [9.17, 15) is 0 Å². The van der Waals surface area contributed by atoms with Gasteiger partial charge in [-0.05, 0) is 25.0 Å². The number of nitrogens with zero attached hydrogens (tertiary/aromatic N) is 1. The Bertz CT molecular complexity index is 742. The standard InChI is InChI=1S/C22H21N/c1-16-17(2)23(16)22-20(18-10-5-3-6-11-18)14-9-15-21(22)19-12-7-4-8-13-19/h3-17H,1-2H3. The van der Waals surface area contributed by atoms with Crippen LogP contribution in [0.4, 0.5) is 5.69 Å². The van der Waals surface area contributed by atoms with Crippen molar-refractivity contribution in [3.63, 3.8) is 0 Å². The van der Waals surface area contributed by atoms with Crippen molar-refractivity contribution in [2.45, 2.75) is 25.9 Å². The summed E-state index contributed by atoms with van der Waals surface area (Å²) in [7, 11) is 0. The average Bonchev–Trinajstić information content (AvgIpc) is 3.21. The Hall–Kier alpha value is -2.54. The summed E-state index contributed by atoms with van der Waals surface area (Å²) in [5.74, 6) is 0. The number of benzene rings is 3. The third kappa shape index (κ3) is 2.43. The van der Waals surface area contributed by atoms with E-state index in [1.807, 2.05) is 0 Å². The van der Waals surface area contributed by atoms with Crippen LogP contribution in [0.3, 0.4) is 0 Å². The molecule has 1 nitrogen and oxygen atoms in total. The number of hydrogen-bond donors (Lipinski definition) is 0. The predicted octanol–water partition coefficient (Wildman–Crippen LogP) is 5.62. The van der Waals surface area contributed by atoms with Crippen molar-refractivity contribution < 1.29 is 0 Å². The van der Waals surface area contributed by atoms with E-state index in [2.05, 4.69) is 97.6 Å². The van der Waals surface area contributed by atoms with E-state index in [-0.39, 0.29) is 0 Å². The average molecular weight is 299 g/mol. The van der Waals surface area contributed by atoms with Gasteiger partial charge in [0.05, 0.1) is 5.69 Å². The summed E-state index contributed by atoms with van der Waals surface area (Å²) in [6, 6.07) is 29.3. The van der Waals surface area contributed by atoms with Gasteiger partial charge >= 0.3 is 0 Å². The topological polar surface area (TPSA) is 3.01 Å². The van der Waals surface area contributed by atoms with Gasteiger partial charge in [-0.3, -0.25) is 0 Å². The molecule has 114 valence electrons. The number of rotatable bonds is 3. The molecule has 2 unspecified atom stereocenters. The molecule has 0 amide bonds. The second-order valence-corrected chi connectivity index (χ2v) is 6.32. The van der Waals surface area contributed by atoms with Crippen LogP contribution in [0.5, 0.6) is 0 Å². The SMILES string of the molecule is CC1C(C)N1c1c(-c2ccccc2)cccc1-c1ccccc1. The first-order chi connectivity index (χ1) is 11.3. The number of anilines is 1. The zero-order valence-electron chi connectivity index (χ0n) is 13.6. The van der Waals surface area contributed by atoms with Crippen LogP contribution in [0.2, 0.25) is 0 Å². The second-order valence-electron chi connectivity index (χ2n) is 6.32. The Morgan fingerprint density at radius 3 is 1.39 bits per heavy atom. The highest BCUT2D eigenvalue weighted by Crippen LogP contribution is 2.46. The maximum atomic E-state index is 2.53. The zero-order chi connectivity index (χ0) is 15.8. The first kappa shape index (κ1) is 14.1. The molecule has 1 aliphatic heterocycles. The first-order valence-corrected chi connectivity index (χ1v) is 8.29. The van der Waals surface area contributed by atoms with Crippen molar-refractivity contribution in [1.82, 2.24) is 0 Å². The van der Waals surface area contributed by atoms with Gasteiger partial charge in [0.2, 0.25) is 0 Å². The van der Waals surface area contributed by atoms with E-state index in [4.69, 9.17) is 0 Å². The molecule has 0 bridgehead atoms. The van der Waals surface area contributed by atoms with Gasteiger partial charge in [-0.25, -0.2) is 0 Å². The highest BCUT2D eigenvalue weighted by Gasteiger charge is 2.42. The Morgan fingerprint density at radius 1 is 0.565 bits per heavy atom. The lowest BCUT2D eigenvalue weighted by Crippen LogP contribution is -2.02. The predicted molar refractivity (Wildman–Crippen MR) is 98.7 cm³/mol. The number of para-hydroxylation sites is 1. The largest absolute Gasteiger partial charge is 0.361 e. The van der Waals surface area contributed by atoms with Gasteiger partial charge < -0.3 is 4.90 Å². The van der Waals surface area contributed by atoms with Crippen LogP contribution in [0.15, 0.2) is 78.9 Å². The quantitative estimate of drug-likeness (QED) is 0.567. The summed E-state index contributed by atoms with van der Waals surface area (Å²) < 4.78 is 0. The summed E-state index contributed by atoms with van der Waals surface area (Å²) in [6.07, 6.45) is 0. The molecular formula is C22H21N. The van der Waals surface area contributed by atoms with Gasteiger partial charge in [0.1, 0.15) is 0 Å². The van der Waals surface area contributed by atoms with Crippen LogP contribution >= 0.6 is 0 Å². The Labute approximate surface area is 138 Å². The van der Waals surface area contributed by atoms with Gasteiger partial charge in [-0.15, -0.1) is 0 Å². The van der Waals surface area contributed by atoms with Crippen molar-refractivity contribution in [2.75, 3.05) is 4.90 Å². The summed E-state index contributed by atoms with van der Waals surface area (Å²) in [5.41, 5.74) is 6.58.